The molecule has 0 heterocycles. The summed E-state index contributed by atoms with van der Waals surface area (Å²) >= 11 is 0. The number of carbonyl (C=O) groups is 12. The SMILES string of the molecule is C=CC(=O)OCC(COC(=O)C=C)COC(=O)CCN(CCCCCCN(CCC(=O)OCC(CC)(COC(=O)C=C)COC(=O)C=C)CCC(=O)OCC(CC)(COC(=O)C=C)COC(=O)C=C)CCC(=O)OCC(CC)(COC(=O)C=C)COC(=O)C=C. The number of ether oxygens (including phenoxy) is 12. The maximum Gasteiger partial charge on any atom is 0.330 e. The molecule has 502 valence electrons. The van der Waals surface area contributed by atoms with Crippen LogP contribution in [0.5, 0.6) is 0 Å². The first-order valence-electron chi connectivity index (χ1n) is 29.3. The van der Waals surface area contributed by atoms with Crippen LogP contribution in [0.2, 0.25) is 0 Å². The van der Waals surface area contributed by atoms with Crippen molar-refractivity contribution in [2.45, 2.75) is 91.4 Å². The van der Waals surface area contributed by atoms with Crippen LogP contribution in [0.4, 0.5) is 0 Å². The van der Waals surface area contributed by atoms with Crippen LogP contribution in [0.3, 0.4) is 0 Å². The van der Waals surface area contributed by atoms with E-state index in [2.05, 4.69) is 52.6 Å². The van der Waals surface area contributed by atoms with Crippen molar-refractivity contribution in [3.63, 3.8) is 0 Å². The van der Waals surface area contributed by atoms with E-state index >= 15 is 0 Å². The van der Waals surface area contributed by atoms with Crippen LogP contribution in [-0.2, 0) is 114 Å². The van der Waals surface area contributed by atoms with Gasteiger partial charge in [-0.15, -0.1) is 0 Å². The molecule has 0 spiro atoms. The largest absolute Gasteiger partial charge is 0.465 e. The maximum atomic E-state index is 13.4. The van der Waals surface area contributed by atoms with Gasteiger partial charge in [0, 0.05) is 74.8 Å². The molecule has 0 rings (SSSR count). The normalized spacial score (nSPS) is 11.1. The molecule has 90 heavy (non-hydrogen) atoms. The lowest BCUT2D eigenvalue weighted by Gasteiger charge is -2.31. The Hall–Kier alpha value is -8.52. The number of nitrogens with zero attached hydrogens (tertiary/aromatic N) is 2. The van der Waals surface area contributed by atoms with E-state index in [0.717, 1.165) is 48.6 Å². The van der Waals surface area contributed by atoms with E-state index in [1.807, 2.05) is 9.80 Å². The first kappa shape index (κ1) is 81.5. The van der Waals surface area contributed by atoms with Gasteiger partial charge in [-0.1, -0.05) is 86.2 Å². The fourth-order valence-electron chi connectivity index (χ4n) is 7.55. The van der Waals surface area contributed by atoms with Crippen LogP contribution >= 0.6 is 0 Å². The van der Waals surface area contributed by atoms with Gasteiger partial charge in [0.15, 0.2) is 0 Å². The van der Waals surface area contributed by atoms with E-state index in [-0.39, 0.29) is 150 Å². The summed E-state index contributed by atoms with van der Waals surface area (Å²) in [4.78, 5) is 153. The Kier molecular flexibility index (Phi) is 43.0. The monoisotopic (exact) mass is 1270 g/mol. The first-order valence-corrected chi connectivity index (χ1v) is 29.3. The lowest BCUT2D eigenvalue weighted by Crippen LogP contribution is -2.39. The van der Waals surface area contributed by atoms with Crippen LogP contribution in [0, 0.1) is 22.2 Å². The van der Waals surface area contributed by atoms with Crippen molar-refractivity contribution in [2.24, 2.45) is 22.2 Å². The zero-order chi connectivity index (χ0) is 67.8. The molecule has 26 nitrogen and oxygen atoms in total. The van der Waals surface area contributed by atoms with Crippen molar-refractivity contribution < 1.29 is 114 Å². The molecular formula is C64H92N2O24. The van der Waals surface area contributed by atoms with Crippen molar-refractivity contribution >= 4 is 71.6 Å². The topological polar surface area (TPSA) is 322 Å². The van der Waals surface area contributed by atoms with Gasteiger partial charge in [-0.05, 0) is 45.2 Å². The van der Waals surface area contributed by atoms with E-state index in [0.29, 0.717) is 38.8 Å². The highest BCUT2D eigenvalue weighted by atomic mass is 16.6. The lowest BCUT2D eigenvalue weighted by molar-refractivity contribution is -0.161. The molecule has 0 aliphatic carbocycles. The smallest absolute Gasteiger partial charge is 0.330 e. The molecule has 0 amide bonds. The van der Waals surface area contributed by atoms with Gasteiger partial charge in [0.25, 0.3) is 0 Å². The van der Waals surface area contributed by atoms with E-state index in [9.17, 15) is 57.5 Å². The van der Waals surface area contributed by atoms with Gasteiger partial charge in [0.05, 0.1) is 47.8 Å². The number of rotatable bonds is 54. The van der Waals surface area contributed by atoms with Crippen LogP contribution in [0.15, 0.2) is 101 Å². The summed E-state index contributed by atoms with van der Waals surface area (Å²) in [6, 6.07) is 0. The molecule has 0 aliphatic rings. The number of unbranched alkanes of at least 4 members (excludes halogenated alkanes) is 3. The minimum atomic E-state index is -1.12. The van der Waals surface area contributed by atoms with Crippen molar-refractivity contribution in [3.05, 3.63) is 101 Å². The second kappa shape index (κ2) is 47.5. The fraction of sp³-hybridized carbons (Fsp3) is 0.562. The molecule has 0 aromatic rings. The molecule has 0 aromatic heterocycles. The van der Waals surface area contributed by atoms with Crippen LogP contribution in [0.1, 0.15) is 91.4 Å². The molecule has 26 heteroatoms. The van der Waals surface area contributed by atoms with Crippen molar-refractivity contribution in [1.82, 2.24) is 9.80 Å². The predicted octanol–water partition coefficient (Wildman–Crippen LogP) is 5.52. The standard InChI is InChI=1S/C64H92N2O24/c1-12-50(67)79-37-49(38-80-51(68)13-2)39-81-58(75)27-33-65(34-28-59(76)88-46-62(20-9,40-82-52(69)14-3)41-83-53(70)15-4)31-25-23-24-26-32-66(35-29-60(77)89-47-63(21-10,42-84-54(71)16-5)43-85-55(72)17-6)36-30-61(78)90-48-64(22-11,44-86-56(73)18-7)45-87-57(74)19-8/h12-19,49H,1-8,20-48H2,9-11H3. The molecule has 0 fully saturated rings. The summed E-state index contributed by atoms with van der Waals surface area (Å²) in [5.41, 5.74) is -3.34. The Labute approximate surface area is 527 Å². The molecule has 0 aromatic carbocycles. The highest BCUT2D eigenvalue weighted by molar-refractivity contribution is 5.84. The van der Waals surface area contributed by atoms with Gasteiger partial charge in [-0.3, -0.25) is 19.2 Å². The van der Waals surface area contributed by atoms with Crippen LogP contribution < -0.4 is 0 Å². The summed E-state index contributed by atoms with van der Waals surface area (Å²) < 4.78 is 64.2. The number of hydrogen-bond donors (Lipinski definition) is 0. The Morgan fingerprint density at radius 3 is 0.711 bits per heavy atom. The lowest BCUT2D eigenvalue weighted by atomic mass is 9.88. The summed E-state index contributed by atoms with van der Waals surface area (Å²) in [5.74, 6) is -9.24. The van der Waals surface area contributed by atoms with E-state index in [4.69, 9.17) is 56.8 Å². The predicted molar refractivity (Wildman–Crippen MR) is 325 cm³/mol. The molecule has 0 unspecified atom stereocenters. The first-order chi connectivity index (χ1) is 42.9. The van der Waals surface area contributed by atoms with E-state index in [1.54, 1.807) is 20.8 Å². The van der Waals surface area contributed by atoms with Gasteiger partial charge in [-0.2, -0.15) is 0 Å². The number of esters is 12. The zero-order valence-corrected chi connectivity index (χ0v) is 52.6. The molecule has 0 saturated carbocycles. The Balaban J connectivity index is 6.52. The quantitative estimate of drug-likeness (QED) is 0.0313. The zero-order valence-electron chi connectivity index (χ0n) is 52.6. The van der Waals surface area contributed by atoms with Gasteiger partial charge >= 0.3 is 71.6 Å². The molecule has 0 N–H and O–H groups in total. The van der Waals surface area contributed by atoms with Gasteiger partial charge < -0.3 is 66.6 Å². The van der Waals surface area contributed by atoms with Crippen molar-refractivity contribution in [1.29, 1.82) is 0 Å². The highest BCUT2D eigenvalue weighted by Gasteiger charge is 2.37. The Morgan fingerprint density at radius 2 is 0.489 bits per heavy atom. The highest BCUT2D eigenvalue weighted by Crippen LogP contribution is 2.27. The Morgan fingerprint density at radius 1 is 0.289 bits per heavy atom. The average Bonchev–Trinajstić information content (AvgIpc) is 2.87. The summed E-state index contributed by atoms with van der Waals surface area (Å²) in [5, 5.41) is 0. The van der Waals surface area contributed by atoms with Gasteiger partial charge in [0.2, 0.25) is 0 Å². The summed E-state index contributed by atoms with van der Waals surface area (Å²) in [6.45, 7) is 30.2. The number of carbonyl (C=O) groups excluding carboxylic acids is 12. The Bertz CT molecular complexity index is 2260. The van der Waals surface area contributed by atoms with Crippen molar-refractivity contribution in [2.75, 3.05) is 119 Å². The molecule has 0 radical (unpaired) electrons. The fourth-order valence-corrected chi connectivity index (χ4v) is 7.55. The van der Waals surface area contributed by atoms with Crippen molar-refractivity contribution in [3.8, 4) is 0 Å². The minimum absolute atomic E-state index is 0.107. The number of hydrogen-bond acceptors (Lipinski definition) is 26. The summed E-state index contributed by atoms with van der Waals surface area (Å²) in [7, 11) is 0. The molecule has 0 aliphatic heterocycles. The van der Waals surface area contributed by atoms with Gasteiger partial charge in [-0.25, -0.2) is 38.4 Å². The third-order valence-corrected chi connectivity index (χ3v) is 14.0. The molecular weight excluding hydrogens is 1180 g/mol. The second-order valence-corrected chi connectivity index (χ2v) is 20.7. The third kappa shape index (κ3) is 37.4. The average molecular weight is 1270 g/mol. The van der Waals surface area contributed by atoms with E-state index < -0.39 is 93.8 Å². The molecule has 0 bridgehead atoms. The van der Waals surface area contributed by atoms with E-state index in [1.165, 1.54) is 0 Å². The van der Waals surface area contributed by atoms with Gasteiger partial charge in [0.1, 0.15) is 79.3 Å². The molecule has 0 atom stereocenters. The molecule has 0 saturated heterocycles. The maximum absolute atomic E-state index is 13.4. The van der Waals surface area contributed by atoms with Crippen LogP contribution in [0.25, 0.3) is 0 Å². The minimum Gasteiger partial charge on any atom is -0.465 e. The third-order valence-electron chi connectivity index (χ3n) is 14.0. The second-order valence-electron chi connectivity index (χ2n) is 20.7. The summed E-state index contributed by atoms with van der Waals surface area (Å²) in [6.07, 6.45) is 10.2. The van der Waals surface area contributed by atoms with Crippen LogP contribution in [-0.4, -0.2) is 200 Å².